The van der Waals surface area contributed by atoms with Gasteiger partial charge in [-0.1, -0.05) is 71.9 Å². The first-order chi connectivity index (χ1) is 19.7. The Bertz CT molecular complexity index is 1220. The summed E-state index contributed by atoms with van der Waals surface area (Å²) in [5.74, 6) is -0.375. The van der Waals surface area contributed by atoms with E-state index in [4.69, 9.17) is 9.47 Å². The number of ether oxygens (including phenoxy) is 2. The zero-order chi connectivity index (χ0) is 32.4. The number of benzene rings is 2. The van der Waals surface area contributed by atoms with Gasteiger partial charge in [0.2, 0.25) is 0 Å². The van der Waals surface area contributed by atoms with Crippen molar-refractivity contribution in [2.45, 2.75) is 129 Å². The molecule has 0 bridgehead atoms. The van der Waals surface area contributed by atoms with Crippen LogP contribution in [0.2, 0.25) is 0 Å². The van der Waals surface area contributed by atoms with Crippen molar-refractivity contribution in [1.29, 1.82) is 0 Å². The Morgan fingerprint density at radius 1 is 0.930 bits per heavy atom. The zero-order valence-electron chi connectivity index (χ0n) is 27.9. The second kappa shape index (κ2) is 13.0. The van der Waals surface area contributed by atoms with Crippen LogP contribution in [0.4, 0.5) is 0 Å². The summed E-state index contributed by atoms with van der Waals surface area (Å²) in [5, 5.41) is 21.9. The summed E-state index contributed by atoms with van der Waals surface area (Å²) < 4.78 is 11.4. The van der Waals surface area contributed by atoms with Gasteiger partial charge >= 0.3 is 11.9 Å². The molecular formula is C36H53NO6. The number of hydrogen-bond donors (Lipinski definition) is 2. The smallest absolute Gasteiger partial charge is 0.338 e. The van der Waals surface area contributed by atoms with E-state index in [0.717, 1.165) is 16.7 Å². The maximum absolute atomic E-state index is 12.7. The predicted octanol–water partition coefficient (Wildman–Crippen LogP) is 6.70. The second-order valence-corrected chi connectivity index (χ2v) is 15.4. The molecule has 1 heterocycles. The minimum Gasteiger partial charge on any atom is -0.507 e. The molecule has 1 unspecified atom stereocenters. The molecule has 7 heteroatoms. The predicted molar refractivity (Wildman–Crippen MR) is 171 cm³/mol. The summed E-state index contributed by atoms with van der Waals surface area (Å²) in [6, 6.07) is 13.0. The van der Waals surface area contributed by atoms with Crippen LogP contribution in [0.3, 0.4) is 0 Å². The number of aromatic hydroxyl groups is 1. The molecule has 238 valence electrons. The standard InChI is InChI=1S/C36H53NO6/c1-33(2,3)28-18-24(19-29(31(28)40)34(4,5)6)16-17-30(39)42-23-26(38)22-37-35(7,8)20-27(21-36(37,9)10)43-32(41)25-14-12-11-13-15-25/h11-15,18-19,26-27,38,40H,16-17,20-23H2,1-10H3. The van der Waals surface area contributed by atoms with Gasteiger partial charge in [-0.3, -0.25) is 9.69 Å². The van der Waals surface area contributed by atoms with Crippen molar-refractivity contribution >= 4 is 11.9 Å². The molecule has 1 saturated heterocycles. The van der Waals surface area contributed by atoms with Crippen LogP contribution in [0.1, 0.15) is 116 Å². The van der Waals surface area contributed by atoms with Crippen LogP contribution in [-0.2, 0) is 31.5 Å². The van der Waals surface area contributed by atoms with Crippen molar-refractivity contribution in [3.63, 3.8) is 0 Å². The lowest BCUT2D eigenvalue weighted by Gasteiger charge is -2.55. The summed E-state index contributed by atoms with van der Waals surface area (Å²) >= 11 is 0. The van der Waals surface area contributed by atoms with Crippen LogP contribution < -0.4 is 0 Å². The summed E-state index contributed by atoms with van der Waals surface area (Å²) in [6.07, 6.45) is 0.805. The van der Waals surface area contributed by atoms with Gasteiger partial charge in [0.05, 0.1) is 5.56 Å². The Labute approximate surface area is 258 Å². The van der Waals surface area contributed by atoms with Crippen molar-refractivity contribution in [1.82, 2.24) is 4.90 Å². The number of likely N-dealkylation sites (tertiary alicyclic amines) is 1. The highest BCUT2D eigenvalue weighted by Crippen LogP contribution is 2.41. The Morgan fingerprint density at radius 2 is 1.44 bits per heavy atom. The van der Waals surface area contributed by atoms with Gasteiger partial charge in [0, 0.05) is 36.9 Å². The molecule has 3 rings (SSSR count). The van der Waals surface area contributed by atoms with Gasteiger partial charge < -0.3 is 19.7 Å². The summed E-state index contributed by atoms with van der Waals surface area (Å²) in [7, 11) is 0. The van der Waals surface area contributed by atoms with E-state index in [-0.39, 0.29) is 53.0 Å². The number of nitrogens with zero attached hydrogens (tertiary/aromatic N) is 1. The van der Waals surface area contributed by atoms with E-state index in [9.17, 15) is 19.8 Å². The number of hydrogen-bond acceptors (Lipinski definition) is 7. The van der Waals surface area contributed by atoms with E-state index in [1.807, 2.05) is 30.3 Å². The molecule has 43 heavy (non-hydrogen) atoms. The molecule has 1 aliphatic heterocycles. The first-order valence-electron chi connectivity index (χ1n) is 15.4. The highest BCUT2D eigenvalue weighted by Gasteiger charge is 2.47. The molecule has 7 nitrogen and oxygen atoms in total. The molecule has 2 N–H and O–H groups in total. The molecule has 1 atom stereocenters. The van der Waals surface area contributed by atoms with Gasteiger partial charge in [0.15, 0.2) is 0 Å². The average Bonchev–Trinajstić information content (AvgIpc) is 2.87. The van der Waals surface area contributed by atoms with E-state index < -0.39 is 6.10 Å². The molecule has 1 aliphatic rings. The van der Waals surface area contributed by atoms with Crippen molar-refractivity contribution in [2.75, 3.05) is 13.2 Å². The summed E-state index contributed by atoms with van der Waals surface area (Å²) in [6.45, 7) is 21.0. The van der Waals surface area contributed by atoms with Gasteiger partial charge in [0.25, 0.3) is 0 Å². The maximum atomic E-state index is 12.7. The molecule has 0 saturated carbocycles. The normalized spacial score (nSPS) is 18.2. The molecule has 0 aromatic heterocycles. The molecule has 0 amide bonds. The van der Waals surface area contributed by atoms with E-state index in [2.05, 4.69) is 74.1 Å². The lowest BCUT2D eigenvalue weighted by Crippen LogP contribution is -2.64. The van der Waals surface area contributed by atoms with E-state index in [1.165, 1.54) is 0 Å². The highest BCUT2D eigenvalue weighted by atomic mass is 16.5. The number of rotatable bonds is 9. The number of aliphatic hydroxyl groups excluding tert-OH is 1. The minimum atomic E-state index is -0.862. The Kier molecular flexibility index (Phi) is 10.4. The third kappa shape index (κ3) is 9.05. The maximum Gasteiger partial charge on any atom is 0.338 e. The molecule has 0 radical (unpaired) electrons. The Balaban J connectivity index is 1.57. The van der Waals surface area contributed by atoms with E-state index in [1.54, 1.807) is 12.1 Å². The molecule has 2 aromatic rings. The van der Waals surface area contributed by atoms with Gasteiger partial charge in [-0.25, -0.2) is 4.79 Å². The van der Waals surface area contributed by atoms with Crippen LogP contribution in [0.15, 0.2) is 42.5 Å². The number of phenolic OH excluding ortho intramolecular Hbond substituents is 1. The molecule has 1 fully saturated rings. The summed E-state index contributed by atoms with van der Waals surface area (Å²) in [5.41, 5.74) is 2.03. The third-order valence-corrected chi connectivity index (χ3v) is 8.43. The quantitative estimate of drug-likeness (QED) is 0.311. The second-order valence-electron chi connectivity index (χ2n) is 15.4. The third-order valence-electron chi connectivity index (χ3n) is 8.43. The number of aryl methyl sites for hydroxylation is 1. The lowest BCUT2D eigenvalue weighted by molar-refractivity contribution is -0.149. The van der Waals surface area contributed by atoms with Gasteiger partial charge in [-0.15, -0.1) is 0 Å². The number of esters is 2. The van der Waals surface area contributed by atoms with E-state index >= 15 is 0 Å². The fourth-order valence-electron chi connectivity index (χ4n) is 6.35. The fraction of sp³-hybridized carbons (Fsp3) is 0.611. The SMILES string of the molecule is CC(C)(C)c1cc(CCC(=O)OCC(O)CN2C(C)(C)CC(OC(=O)c3ccccc3)CC2(C)C)cc(C(C)(C)C)c1O. The van der Waals surface area contributed by atoms with E-state index in [0.29, 0.717) is 37.1 Å². The van der Waals surface area contributed by atoms with Gasteiger partial charge in [0.1, 0.15) is 24.6 Å². The van der Waals surface area contributed by atoms with Crippen molar-refractivity contribution in [2.24, 2.45) is 0 Å². The Morgan fingerprint density at radius 3 is 1.93 bits per heavy atom. The van der Waals surface area contributed by atoms with Crippen LogP contribution in [0.5, 0.6) is 5.75 Å². The minimum absolute atomic E-state index is 0.0933. The van der Waals surface area contributed by atoms with Crippen molar-refractivity contribution < 1.29 is 29.3 Å². The van der Waals surface area contributed by atoms with Gasteiger partial charge in [-0.05, 0) is 73.8 Å². The molecule has 2 aromatic carbocycles. The molecule has 0 aliphatic carbocycles. The average molecular weight is 596 g/mol. The van der Waals surface area contributed by atoms with Crippen LogP contribution in [0.25, 0.3) is 0 Å². The number of piperidine rings is 1. The number of aliphatic hydroxyl groups is 1. The van der Waals surface area contributed by atoms with Crippen molar-refractivity contribution in [3.05, 3.63) is 64.7 Å². The monoisotopic (exact) mass is 595 g/mol. The topological polar surface area (TPSA) is 96.3 Å². The zero-order valence-corrected chi connectivity index (χ0v) is 27.9. The fourth-order valence-corrected chi connectivity index (χ4v) is 6.35. The van der Waals surface area contributed by atoms with Crippen LogP contribution in [-0.4, -0.2) is 63.5 Å². The largest absolute Gasteiger partial charge is 0.507 e. The number of carbonyl (C=O) groups excluding carboxylic acids is 2. The lowest BCUT2D eigenvalue weighted by atomic mass is 9.77. The highest BCUT2D eigenvalue weighted by molar-refractivity contribution is 5.89. The van der Waals surface area contributed by atoms with Crippen LogP contribution >= 0.6 is 0 Å². The number of β-amino-alcohol motifs (C(OH)–C–C–N with tert-alkyl or cyclic N) is 1. The molecule has 0 spiro atoms. The van der Waals surface area contributed by atoms with Gasteiger partial charge in [-0.2, -0.15) is 0 Å². The first kappa shape index (κ1) is 34.6. The number of carbonyl (C=O) groups is 2. The number of phenols is 1. The van der Waals surface area contributed by atoms with Crippen LogP contribution in [0, 0.1) is 0 Å². The van der Waals surface area contributed by atoms with Crippen molar-refractivity contribution in [3.8, 4) is 5.75 Å². The molecular weight excluding hydrogens is 542 g/mol. The Hall–Kier alpha value is -2.90. The summed E-state index contributed by atoms with van der Waals surface area (Å²) in [4.78, 5) is 27.6. The first-order valence-corrected chi connectivity index (χ1v) is 15.4.